The Balaban J connectivity index is 4.16. The lowest BCUT2D eigenvalue weighted by atomic mass is 10.8. The summed E-state index contributed by atoms with van der Waals surface area (Å²) in [5, 5.41) is 6.94. The summed E-state index contributed by atoms with van der Waals surface area (Å²) in [6.07, 6.45) is 0. The molecule has 0 aliphatic carbocycles. The van der Waals surface area contributed by atoms with E-state index in [0.29, 0.717) is 0 Å². The fourth-order valence-electron chi connectivity index (χ4n) is 0.244. The molecule has 5 nitrogen and oxygen atoms in total. The minimum absolute atomic E-state index is 0.175. The van der Waals surface area contributed by atoms with E-state index in [1.54, 1.807) is 19.0 Å². The summed E-state index contributed by atoms with van der Waals surface area (Å²) in [5.41, 5.74) is 5.34. The molecule has 0 saturated heterocycles. The Hall–Kier alpha value is -1.39. The molecule has 0 aliphatic rings. The zero-order chi connectivity index (χ0) is 8.15. The Kier molecular flexibility index (Phi) is 3.10. The highest BCUT2D eigenvalue weighted by Gasteiger charge is 1.93. The van der Waals surface area contributed by atoms with Gasteiger partial charge in [-0.25, -0.2) is 4.99 Å². The molecule has 0 aliphatic heterocycles. The number of rotatable bonds is 0. The third kappa shape index (κ3) is 2.81. The van der Waals surface area contributed by atoms with E-state index in [1.807, 2.05) is 0 Å². The van der Waals surface area contributed by atoms with Crippen LogP contribution < -0.4 is 5.73 Å². The summed E-state index contributed by atoms with van der Waals surface area (Å²) in [7, 11) is 3.46. The summed E-state index contributed by atoms with van der Waals surface area (Å²) in [5.74, 6) is 0.0728. The highest BCUT2D eigenvalue weighted by Crippen LogP contribution is 1.79. The average molecular weight is 141 g/mol. The molecule has 56 valence electrons. The molecule has 0 rings (SSSR count). The van der Waals surface area contributed by atoms with E-state index in [2.05, 4.69) is 16.7 Å². The molecule has 0 bridgehead atoms. The topological polar surface area (TPSA) is 77.8 Å². The van der Waals surface area contributed by atoms with Crippen LogP contribution >= 0.6 is 0 Å². The van der Waals surface area contributed by atoms with Crippen LogP contribution in [0.15, 0.2) is 9.98 Å². The molecule has 0 radical (unpaired) electrons. The van der Waals surface area contributed by atoms with Gasteiger partial charge in [0.05, 0.1) is 0 Å². The molecule has 0 spiro atoms. The van der Waals surface area contributed by atoms with Gasteiger partial charge in [0, 0.05) is 14.1 Å². The Morgan fingerprint density at radius 3 is 2.40 bits per heavy atom. The number of hydrogen-bond acceptors (Lipinski definition) is 1. The van der Waals surface area contributed by atoms with Crippen molar-refractivity contribution < 1.29 is 0 Å². The molecule has 5 heteroatoms. The molecule has 0 amide bonds. The first-order valence-corrected chi connectivity index (χ1v) is 2.64. The largest absolute Gasteiger partial charge is 0.369 e. The monoisotopic (exact) mass is 141 g/mol. The Bertz CT molecular complexity index is 169. The summed E-state index contributed by atoms with van der Waals surface area (Å²) in [6, 6.07) is 0. The van der Waals surface area contributed by atoms with Crippen molar-refractivity contribution in [3.8, 4) is 0 Å². The maximum absolute atomic E-state index is 6.94. The first kappa shape index (κ1) is 8.61. The summed E-state index contributed by atoms with van der Waals surface area (Å²) >= 11 is 0. The van der Waals surface area contributed by atoms with Gasteiger partial charge >= 0.3 is 0 Å². The first-order valence-electron chi connectivity index (χ1n) is 2.64. The van der Waals surface area contributed by atoms with Gasteiger partial charge in [-0.05, 0) is 6.72 Å². The molecular formula is C5H11N5. The lowest BCUT2D eigenvalue weighted by molar-refractivity contribution is 0.615. The predicted octanol–water partition coefficient (Wildman–Crippen LogP) is -0.502. The molecule has 0 heterocycles. The van der Waals surface area contributed by atoms with Crippen molar-refractivity contribution in [3.63, 3.8) is 0 Å². The number of hydrogen-bond donors (Lipinski definition) is 2. The highest BCUT2D eigenvalue weighted by atomic mass is 15.2. The Morgan fingerprint density at radius 1 is 1.60 bits per heavy atom. The molecule has 0 atom stereocenters. The second kappa shape index (κ2) is 3.60. The molecule has 0 aromatic rings. The zero-order valence-corrected chi connectivity index (χ0v) is 6.13. The van der Waals surface area contributed by atoms with E-state index < -0.39 is 0 Å². The van der Waals surface area contributed by atoms with Crippen LogP contribution in [0.25, 0.3) is 0 Å². The molecular weight excluding hydrogens is 130 g/mol. The van der Waals surface area contributed by atoms with Crippen LogP contribution in [0.4, 0.5) is 0 Å². The van der Waals surface area contributed by atoms with Crippen molar-refractivity contribution in [1.82, 2.24) is 4.90 Å². The van der Waals surface area contributed by atoms with Gasteiger partial charge < -0.3 is 10.6 Å². The Labute approximate surface area is 59.8 Å². The van der Waals surface area contributed by atoms with Crippen LogP contribution in [0, 0.1) is 5.41 Å². The molecule has 0 aromatic heterocycles. The number of aliphatic imine (C=N–C) groups is 2. The van der Waals surface area contributed by atoms with Gasteiger partial charge in [0.2, 0.25) is 5.96 Å². The predicted molar refractivity (Wildman–Crippen MR) is 42.6 cm³/mol. The second-order valence-corrected chi connectivity index (χ2v) is 1.85. The number of guanidine groups is 2. The van der Waals surface area contributed by atoms with E-state index in [-0.39, 0.29) is 11.9 Å². The number of nitrogens with one attached hydrogen (secondary N) is 1. The van der Waals surface area contributed by atoms with Crippen LogP contribution in [0.2, 0.25) is 0 Å². The SMILES string of the molecule is C=NC(=N)/N=C(\N)N(C)C. The third-order valence-corrected chi connectivity index (χ3v) is 0.828. The fraction of sp³-hybridized carbons (Fsp3) is 0.400. The summed E-state index contributed by atoms with van der Waals surface area (Å²) < 4.78 is 0. The zero-order valence-electron chi connectivity index (χ0n) is 6.13. The maximum Gasteiger partial charge on any atom is 0.244 e. The maximum atomic E-state index is 6.94. The van der Waals surface area contributed by atoms with E-state index in [1.165, 1.54) is 0 Å². The van der Waals surface area contributed by atoms with Gasteiger partial charge in [-0.15, -0.1) is 0 Å². The minimum atomic E-state index is -0.175. The molecule has 0 fully saturated rings. The van der Waals surface area contributed by atoms with Crippen LogP contribution in [0.1, 0.15) is 0 Å². The molecule has 0 saturated carbocycles. The van der Waals surface area contributed by atoms with Crippen molar-refractivity contribution in [2.75, 3.05) is 14.1 Å². The molecule has 0 unspecified atom stereocenters. The van der Waals surface area contributed by atoms with E-state index in [0.717, 1.165) is 0 Å². The van der Waals surface area contributed by atoms with Crippen LogP contribution in [0.3, 0.4) is 0 Å². The van der Waals surface area contributed by atoms with E-state index in [9.17, 15) is 0 Å². The average Bonchev–Trinajstić information content (AvgIpc) is 1.87. The van der Waals surface area contributed by atoms with Gasteiger partial charge in [0.1, 0.15) is 0 Å². The van der Waals surface area contributed by atoms with E-state index >= 15 is 0 Å². The van der Waals surface area contributed by atoms with Crippen molar-refractivity contribution in [2.24, 2.45) is 15.7 Å². The third-order valence-electron chi connectivity index (χ3n) is 0.828. The van der Waals surface area contributed by atoms with Gasteiger partial charge in [-0.1, -0.05) is 0 Å². The summed E-state index contributed by atoms with van der Waals surface area (Å²) in [6.45, 7) is 3.12. The van der Waals surface area contributed by atoms with Crippen LogP contribution in [-0.2, 0) is 0 Å². The summed E-state index contributed by atoms with van der Waals surface area (Å²) in [4.78, 5) is 8.40. The van der Waals surface area contributed by atoms with Gasteiger partial charge in [-0.3, -0.25) is 5.41 Å². The van der Waals surface area contributed by atoms with Gasteiger partial charge in [0.15, 0.2) is 5.96 Å². The normalized spacial score (nSPS) is 10.8. The van der Waals surface area contributed by atoms with Gasteiger partial charge in [0.25, 0.3) is 0 Å². The second-order valence-electron chi connectivity index (χ2n) is 1.85. The molecule has 0 aromatic carbocycles. The first-order chi connectivity index (χ1) is 4.57. The minimum Gasteiger partial charge on any atom is -0.369 e. The highest BCUT2D eigenvalue weighted by molar-refractivity contribution is 5.94. The Morgan fingerprint density at radius 2 is 2.10 bits per heavy atom. The van der Waals surface area contributed by atoms with Crippen molar-refractivity contribution >= 4 is 18.6 Å². The smallest absolute Gasteiger partial charge is 0.244 e. The van der Waals surface area contributed by atoms with Crippen molar-refractivity contribution in [2.45, 2.75) is 0 Å². The molecule has 10 heavy (non-hydrogen) atoms. The standard InChI is InChI=1S/C5H11N5/c1-8-4(6)9-5(7)10(2)3/h1H2,2-3H3,(H3,6,7,9). The van der Waals surface area contributed by atoms with Crippen LogP contribution in [-0.4, -0.2) is 37.6 Å². The quantitative estimate of drug-likeness (QED) is 0.352. The number of nitrogens with zero attached hydrogens (tertiary/aromatic N) is 3. The van der Waals surface area contributed by atoms with Crippen molar-refractivity contribution in [3.05, 3.63) is 0 Å². The van der Waals surface area contributed by atoms with Gasteiger partial charge in [-0.2, -0.15) is 4.99 Å². The lowest BCUT2D eigenvalue weighted by Crippen LogP contribution is -2.30. The number of nitrogens with two attached hydrogens (primary N) is 1. The van der Waals surface area contributed by atoms with E-state index in [4.69, 9.17) is 11.1 Å². The fourth-order valence-corrected chi connectivity index (χ4v) is 0.244. The van der Waals surface area contributed by atoms with Crippen LogP contribution in [0.5, 0.6) is 0 Å². The molecule has 3 N–H and O–H groups in total. The lowest BCUT2D eigenvalue weighted by Gasteiger charge is -2.08. The van der Waals surface area contributed by atoms with Crippen molar-refractivity contribution in [1.29, 1.82) is 5.41 Å².